The lowest BCUT2D eigenvalue weighted by atomic mass is 9.81. The number of aromatic nitrogens is 1. The van der Waals surface area contributed by atoms with E-state index >= 15 is 0 Å². The van der Waals surface area contributed by atoms with Gasteiger partial charge in [-0.15, -0.1) is 0 Å². The highest BCUT2D eigenvalue weighted by Gasteiger charge is 2.21. The van der Waals surface area contributed by atoms with Crippen LogP contribution in [0.15, 0.2) is 128 Å². The Morgan fingerprint density at radius 1 is 0.439 bits per heavy atom. The van der Waals surface area contributed by atoms with E-state index in [1.54, 1.807) is 0 Å². The second kappa shape index (κ2) is 9.71. The van der Waals surface area contributed by atoms with E-state index in [1.165, 1.54) is 71.3 Å². The first-order valence-electron chi connectivity index (χ1n) is 14.4. The van der Waals surface area contributed by atoms with Crippen LogP contribution in [-0.2, 0) is 5.41 Å². The van der Waals surface area contributed by atoms with E-state index < -0.39 is 0 Å². The molecule has 0 aliphatic rings. The van der Waals surface area contributed by atoms with Crippen LogP contribution in [0.1, 0.15) is 32.0 Å². The van der Waals surface area contributed by atoms with E-state index in [0.717, 1.165) is 5.69 Å². The average molecular weight is 528 g/mol. The van der Waals surface area contributed by atoms with E-state index in [2.05, 4.69) is 148 Å². The summed E-state index contributed by atoms with van der Waals surface area (Å²) in [6, 6.07) is 44.6. The van der Waals surface area contributed by atoms with Gasteiger partial charge in [-0.1, -0.05) is 136 Å². The molecule has 0 aliphatic carbocycles. The van der Waals surface area contributed by atoms with Crippen molar-refractivity contribution in [3.8, 4) is 33.4 Å². The summed E-state index contributed by atoms with van der Waals surface area (Å²) in [5, 5.41) is 7.74. The molecule has 0 atom stereocenters. The van der Waals surface area contributed by atoms with Crippen LogP contribution in [0.3, 0.4) is 0 Å². The summed E-state index contributed by atoms with van der Waals surface area (Å²) in [4.78, 5) is 4.50. The Morgan fingerprint density at radius 3 is 1.56 bits per heavy atom. The molecule has 0 unspecified atom stereocenters. The number of aryl methyl sites for hydroxylation is 1. The van der Waals surface area contributed by atoms with Gasteiger partial charge in [0.1, 0.15) is 0 Å². The largest absolute Gasteiger partial charge is 0.261 e. The predicted molar refractivity (Wildman–Crippen MR) is 176 cm³/mol. The van der Waals surface area contributed by atoms with Gasteiger partial charge in [-0.25, -0.2) is 0 Å². The third kappa shape index (κ3) is 4.21. The zero-order valence-corrected chi connectivity index (χ0v) is 24.1. The molecule has 6 aromatic carbocycles. The lowest BCUT2D eigenvalue weighted by Crippen LogP contribution is -2.11. The van der Waals surface area contributed by atoms with E-state index in [-0.39, 0.29) is 5.41 Å². The molecule has 1 aromatic heterocycles. The van der Waals surface area contributed by atoms with Crippen molar-refractivity contribution in [3.63, 3.8) is 0 Å². The minimum atomic E-state index is 0.0621. The van der Waals surface area contributed by atoms with Crippen LogP contribution in [0.2, 0.25) is 0 Å². The van der Waals surface area contributed by atoms with Gasteiger partial charge in [0.15, 0.2) is 0 Å². The fraction of sp³-hybridized carbons (Fsp3) is 0.125. The van der Waals surface area contributed by atoms with Crippen molar-refractivity contribution in [1.82, 2.24) is 4.98 Å². The second-order valence-electron chi connectivity index (χ2n) is 12.0. The lowest BCUT2D eigenvalue weighted by molar-refractivity contribution is 0.596. The maximum absolute atomic E-state index is 4.50. The van der Waals surface area contributed by atoms with Gasteiger partial charge in [0.25, 0.3) is 0 Å². The second-order valence-corrected chi connectivity index (χ2v) is 12.0. The van der Waals surface area contributed by atoms with Gasteiger partial charge >= 0.3 is 0 Å². The smallest absolute Gasteiger partial charge is 0.0450 e. The molecule has 0 radical (unpaired) electrons. The molecule has 0 aliphatic heterocycles. The van der Waals surface area contributed by atoms with Crippen LogP contribution < -0.4 is 0 Å². The molecule has 0 N–H and O–H groups in total. The van der Waals surface area contributed by atoms with Gasteiger partial charge in [-0.2, -0.15) is 0 Å². The summed E-state index contributed by atoms with van der Waals surface area (Å²) >= 11 is 0. The van der Waals surface area contributed by atoms with Crippen molar-refractivity contribution >= 4 is 32.3 Å². The van der Waals surface area contributed by atoms with E-state index in [0.29, 0.717) is 0 Å². The average Bonchev–Trinajstić information content (AvgIpc) is 2.99. The lowest BCUT2D eigenvalue weighted by Gasteiger charge is -2.23. The topological polar surface area (TPSA) is 12.9 Å². The molecule has 1 heteroatoms. The highest BCUT2D eigenvalue weighted by Crippen LogP contribution is 2.46. The molecular weight excluding hydrogens is 494 g/mol. The van der Waals surface area contributed by atoms with Gasteiger partial charge in [-0.3, -0.25) is 4.98 Å². The Kier molecular flexibility index (Phi) is 5.98. The van der Waals surface area contributed by atoms with Crippen molar-refractivity contribution < 1.29 is 0 Å². The Hall–Kier alpha value is -4.75. The molecule has 1 nitrogen and oxygen atoms in total. The number of hydrogen-bond donors (Lipinski definition) is 0. The summed E-state index contributed by atoms with van der Waals surface area (Å²) in [5.74, 6) is 0. The van der Waals surface area contributed by atoms with E-state index in [1.807, 2.05) is 12.3 Å². The predicted octanol–water partition coefficient (Wildman–Crippen LogP) is 11.1. The molecule has 0 spiro atoms. The van der Waals surface area contributed by atoms with Crippen LogP contribution in [0.4, 0.5) is 0 Å². The minimum absolute atomic E-state index is 0.0621. The Morgan fingerprint density at radius 2 is 0.951 bits per heavy atom. The normalized spacial score (nSPS) is 11.9. The zero-order chi connectivity index (χ0) is 28.1. The van der Waals surface area contributed by atoms with Crippen molar-refractivity contribution in [2.45, 2.75) is 33.1 Å². The van der Waals surface area contributed by atoms with Crippen molar-refractivity contribution in [2.24, 2.45) is 0 Å². The van der Waals surface area contributed by atoms with Crippen molar-refractivity contribution in [3.05, 3.63) is 139 Å². The third-order valence-electron chi connectivity index (χ3n) is 8.42. The van der Waals surface area contributed by atoms with Gasteiger partial charge < -0.3 is 0 Å². The van der Waals surface area contributed by atoms with Crippen LogP contribution >= 0.6 is 0 Å². The summed E-state index contributed by atoms with van der Waals surface area (Å²) < 4.78 is 0. The number of nitrogens with zero attached hydrogens (tertiary/aromatic N) is 1. The summed E-state index contributed by atoms with van der Waals surface area (Å²) in [6.45, 7) is 8.97. The quantitative estimate of drug-likeness (QED) is 0.208. The molecule has 0 saturated heterocycles. The SMILES string of the molecule is Cc1ncccc1-c1ccc(-c2c3ccccc3c(-c3cccc4c(C(C)(C)C)cccc34)c3ccccc23)cc1. The number of benzene rings is 6. The van der Waals surface area contributed by atoms with Gasteiger partial charge in [0.05, 0.1) is 0 Å². The maximum atomic E-state index is 4.50. The van der Waals surface area contributed by atoms with E-state index in [4.69, 9.17) is 0 Å². The summed E-state index contributed by atoms with van der Waals surface area (Å²) in [7, 11) is 0. The highest BCUT2D eigenvalue weighted by atomic mass is 14.7. The molecule has 0 fully saturated rings. The number of hydrogen-bond acceptors (Lipinski definition) is 1. The van der Waals surface area contributed by atoms with Gasteiger partial charge in [0.2, 0.25) is 0 Å². The Labute approximate surface area is 242 Å². The van der Waals surface area contributed by atoms with Crippen molar-refractivity contribution in [1.29, 1.82) is 0 Å². The monoisotopic (exact) mass is 527 g/mol. The fourth-order valence-corrected chi connectivity index (χ4v) is 6.52. The molecule has 0 saturated carbocycles. The van der Waals surface area contributed by atoms with Crippen LogP contribution in [0.25, 0.3) is 65.7 Å². The number of fused-ring (bicyclic) bond motifs is 3. The highest BCUT2D eigenvalue weighted by molar-refractivity contribution is 6.23. The van der Waals surface area contributed by atoms with Gasteiger partial charge in [-0.05, 0) is 84.1 Å². The molecule has 7 aromatic rings. The first-order chi connectivity index (χ1) is 19.9. The minimum Gasteiger partial charge on any atom is -0.261 e. The maximum Gasteiger partial charge on any atom is 0.0450 e. The first-order valence-corrected chi connectivity index (χ1v) is 14.4. The Bertz CT molecular complexity index is 2020. The molecule has 0 amide bonds. The molecule has 1 heterocycles. The fourth-order valence-electron chi connectivity index (χ4n) is 6.52. The Balaban J connectivity index is 1.52. The molecule has 41 heavy (non-hydrogen) atoms. The van der Waals surface area contributed by atoms with Gasteiger partial charge in [0, 0.05) is 17.5 Å². The van der Waals surface area contributed by atoms with Crippen LogP contribution in [0, 0.1) is 6.92 Å². The summed E-state index contributed by atoms with van der Waals surface area (Å²) in [5.41, 5.74) is 9.95. The zero-order valence-electron chi connectivity index (χ0n) is 24.1. The molecular formula is C40H33N. The van der Waals surface area contributed by atoms with E-state index in [9.17, 15) is 0 Å². The first kappa shape index (κ1) is 25.2. The van der Waals surface area contributed by atoms with Crippen LogP contribution in [0.5, 0.6) is 0 Å². The molecule has 198 valence electrons. The number of pyridine rings is 1. The van der Waals surface area contributed by atoms with Crippen molar-refractivity contribution in [2.75, 3.05) is 0 Å². The standard InChI is InChI=1S/C40H33N/c1-26-29(19-11-25-41-26)27-21-23-28(24-22-27)38-33-12-5-7-14-35(33)39(36-15-8-6-13-34(36)38)32-18-9-17-31-30(32)16-10-20-37(31)40(2,3)4/h5-25H,1-4H3. The third-order valence-corrected chi connectivity index (χ3v) is 8.42. The molecule has 0 bridgehead atoms. The summed E-state index contributed by atoms with van der Waals surface area (Å²) in [6.07, 6.45) is 1.85. The molecule has 7 rings (SSSR count). The van der Waals surface area contributed by atoms with Crippen LogP contribution in [-0.4, -0.2) is 4.98 Å². The number of rotatable bonds is 3.